The van der Waals surface area contributed by atoms with Crippen LogP contribution in [-0.2, 0) is 4.79 Å². The molecule has 0 unspecified atom stereocenters. The number of hydrogen-bond acceptors (Lipinski definition) is 2. The summed E-state index contributed by atoms with van der Waals surface area (Å²) in [6.07, 6.45) is 0.711. The van der Waals surface area contributed by atoms with Crippen molar-refractivity contribution in [3.8, 4) is 0 Å². The Kier molecular flexibility index (Phi) is 5.13. The van der Waals surface area contributed by atoms with Gasteiger partial charge in [-0.25, -0.2) is 4.79 Å². The molecular weight excluding hydrogens is 345 g/mol. The first-order valence-corrected chi connectivity index (χ1v) is 6.84. The second-order valence-electron chi connectivity index (χ2n) is 4.06. The lowest BCUT2D eigenvalue weighted by molar-refractivity contribution is -0.144. The Balaban J connectivity index is 2.95. The highest BCUT2D eigenvalue weighted by Gasteiger charge is 2.36. The van der Waals surface area contributed by atoms with Gasteiger partial charge >= 0.3 is 5.97 Å². The first-order valence-electron chi connectivity index (χ1n) is 5.76. The van der Waals surface area contributed by atoms with Gasteiger partial charge in [-0.3, -0.25) is 4.79 Å². The lowest BCUT2D eigenvalue weighted by atomic mass is 9.92. The van der Waals surface area contributed by atoms with Crippen LogP contribution in [0.2, 0.25) is 0 Å². The maximum absolute atomic E-state index is 12.1. The first-order chi connectivity index (χ1) is 8.45. The maximum atomic E-state index is 12.1. The molecule has 0 aliphatic heterocycles. The third kappa shape index (κ3) is 3.22. The Morgan fingerprint density at radius 2 is 1.94 bits per heavy atom. The van der Waals surface area contributed by atoms with Crippen LogP contribution in [0.15, 0.2) is 24.3 Å². The Hall–Kier alpha value is -1.11. The molecule has 0 atom stereocenters. The van der Waals surface area contributed by atoms with E-state index in [-0.39, 0.29) is 5.91 Å². The van der Waals surface area contributed by atoms with E-state index in [1.807, 2.05) is 6.07 Å². The smallest absolute Gasteiger partial charge is 0.329 e. The number of aliphatic carboxylic acids is 1. The van der Waals surface area contributed by atoms with Crippen LogP contribution in [0.3, 0.4) is 0 Å². The Morgan fingerprint density at radius 3 is 2.39 bits per heavy atom. The lowest BCUT2D eigenvalue weighted by Crippen LogP contribution is -2.53. The molecule has 18 heavy (non-hydrogen) atoms. The van der Waals surface area contributed by atoms with Crippen molar-refractivity contribution in [2.24, 2.45) is 0 Å². The molecule has 0 fully saturated rings. The molecule has 2 N–H and O–H groups in total. The first kappa shape index (κ1) is 14.9. The Morgan fingerprint density at radius 1 is 1.33 bits per heavy atom. The molecule has 98 valence electrons. The second-order valence-corrected chi connectivity index (χ2v) is 5.30. The van der Waals surface area contributed by atoms with Crippen LogP contribution in [0.4, 0.5) is 0 Å². The number of carboxylic acids is 1. The number of carboxylic acid groups (broad SMARTS) is 1. The normalized spacial score (nSPS) is 11.1. The van der Waals surface area contributed by atoms with Crippen LogP contribution in [0.25, 0.3) is 0 Å². The van der Waals surface area contributed by atoms with Gasteiger partial charge in [0.1, 0.15) is 5.54 Å². The highest BCUT2D eigenvalue weighted by atomic mass is 127. The van der Waals surface area contributed by atoms with Crippen LogP contribution in [0.1, 0.15) is 37.0 Å². The highest BCUT2D eigenvalue weighted by Crippen LogP contribution is 2.17. The number of nitrogens with one attached hydrogen (secondary N) is 1. The van der Waals surface area contributed by atoms with Crippen LogP contribution < -0.4 is 5.32 Å². The van der Waals surface area contributed by atoms with Crippen LogP contribution in [0, 0.1) is 3.57 Å². The lowest BCUT2D eigenvalue weighted by Gasteiger charge is -2.28. The second kappa shape index (κ2) is 6.17. The highest BCUT2D eigenvalue weighted by molar-refractivity contribution is 14.1. The molecule has 0 saturated heterocycles. The quantitative estimate of drug-likeness (QED) is 0.793. The van der Waals surface area contributed by atoms with Crippen LogP contribution in [-0.4, -0.2) is 22.5 Å². The van der Waals surface area contributed by atoms with E-state index in [9.17, 15) is 14.7 Å². The Bertz CT molecular complexity index is 455. The van der Waals surface area contributed by atoms with Gasteiger partial charge in [-0.1, -0.05) is 19.9 Å². The minimum absolute atomic E-state index is 0.348. The number of carbonyl (C=O) groups is 2. The number of rotatable bonds is 5. The van der Waals surface area contributed by atoms with Gasteiger partial charge in [-0.05, 0) is 53.6 Å². The zero-order valence-corrected chi connectivity index (χ0v) is 12.5. The number of amides is 1. The van der Waals surface area contributed by atoms with E-state index in [0.29, 0.717) is 18.4 Å². The van der Waals surface area contributed by atoms with Crippen molar-refractivity contribution in [1.29, 1.82) is 0 Å². The molecule has 1 rings (SSSR count). The van der Waals surface area contributed by atoms with E-state index < -0.39 is 11.5 Å². The minimum Gasteiger partial charge on any atom is -0.480 e. The third-order valence-electron chi connectivity index (χ3n) is 3.06. The summed E-state index contributed by atoms with van der Waals surface area (Å²) in [4.78, 5) is 23.4. The molecular formula is C13H16INO3. The van der Waals surface area contributed by atoms with Gasteiger partial charge in [0.05, 0.1) is 0 Å². The fraction of sp³-hybridized carbons (Fsp3) is 0.385. The number of carbonyl (C=O) groups excluding carboxylic acids is 1. The van der Waals surface area contributed by atoms with Gasteiger partial charge in [0.15, 0.2) is 0 Å². The summed E-state index contributed by atoms with van der Waals surface area (Å²) in [5, 5.41) is 11.9. The van der Waals surface area contributed by atoms with Crippen molar-refractivity contribution in [3.05, 3.63) is 33.4 Å². The van der Waals surface area contributed by atoms with Gasteiger partial charge < -0.3 is 10.4 Å². The molecule has 4 nitrogen and oxygen atoms in total. The summed E-state index contributed by atoms with van der Waals surface area (Å²) in [7, 11) is 0. The van der Waals surface area contributed by atoms with Crippen molar-refractivity contribution in [3.63, 3.8) is 0 Å². The molecule has 0 spiro atoms. The average molecular weight is 361 g/mol. The van der Waals surface area contributed by atoms with E-state index >= 15 is 0 Å². The van der Waals surface area contributed by atoms with E-state index in [1.165, 1.54) is 0 Å². The zero-order valence-electron chi connectivity index (χ0n) is 10.4. The average Bonchev–Trinajstić information content (AvgIpc) is 2.35. The summed E-state index contributed by atoms with van der Waals surface area (Å²) in [6.45, 7) is 3.51. The topological polar surface area (TPSA) is 66.4 Å². The summed E-state index contributed by atoms with van der Waals surface area (Å²) in [5.41, 5.74) is -0.701. The van der Waals surface area contributed by atoms with Crippen molar-refractivity contribution in [2.75, 3.05) is 0 Å². The SMILES string of the molecule is CCC(CC)(NC(=O)c1cccc(I)c1)C(=O)O. The molecule has 0 heterocycles. The molecule has 0 aliphatic carbocycles. The van der Waals surface area contributed by atoms with E-state index in [0.717, 1.165) is 3.57 Å². The molecule has 0 saturated carbocycles. The number of hydrogen-bond donors (Lipinski definition) is 2. The monoisotopic (exact) mass is 361 g/mol. The fourth-order valence-corrected chi connectivity index (χ4v) is 2.25. The predicted molar refractivity (Wildman–Crippen MR) is 77.6 cm³/mol. The van der Waals surface area contributed by atoms with Gasteiger partial charge in [-0.2, -0.15) is 0 Å². The van der Waals surface area contributed by atoms with Gasteiger partial charge in [0.25, 0.3) is 5.91 Å². The van der Waals surface area contributed by atoms with Gasteiger partial charge in [0.2, 0.25) is 0 Å². The van der Waals surface area contributed by atoms with Crippen LogP contribution >= 0.6 is 22.6 Å². The standard InChI is InChI=1S/C13H16INO3/c1-3-13(4-2,12(17)18)15-11(16)9-6-5-7-10(14)8-9/h5-8H,3-4H2,1-2H3,(H,15,16)(H,17,18). The van der Waals surface area contributed by atoms with Crippen molar-refractivity contribution in [2.45, 2.75) is 32.2 Å². The van der Waals surface area contributed by atoms with E-state index in [4.69, 9.17) is 0 Å². The molecule has 1 amide bonds. The largest absolute Gasteiger partial charge is 0.480 e. The summed E-state index contributed by atoms with van der Waals surface area (Å²) in [5.74, 6) is -1.34. The van der Waals surface area contributed by atoms with Crippen molar-refractivity contribution < 1.29 is 14.7 Å². The summed E-state index contributed by atoms with van der Waals surface area (Å²) < 4.78 is 0.939. The molecule has 0 radical (unpaired) electrons. The molecule has 5 heteroatoms. The van der Waals surface area contributed by atoms with E-state index in [1.54, 1.807) is 32.0 Å². The number of benzene rings is 1. The van der Waals surface area contributed by atoms with Crippen molar-refractivity contribution in [1.82, 2.24) is 5.32 Å². The predicted octanol–water partition coefficient (Wildman–Crippen LogP) is 2.66. The van der Waals surface area contributed by atoms with E-state index in [2.05, 4.69) is 27.9 Å². The Labute approximate surface area is 120 Å². The summed E-state index contributed by atoms with van der Waals surface area (Å²) >= 11 is 2.11. The molecule has 0 aromatic heterocycles. The van der Waals surface area contributed by atoms with Gasteiger partial charge in [-0.15, -0.1) is 0 Å². The molecule has 1 aromatic rings. The third-order valence-corrected chi connectivity index (χ3v) is 3.73. The fourth-order valence-electron chi connectivity index (χ4n) is 1.70. The maximum Gasteiger partial charge on any atom is 0.329 e. The molecule has 0 bridgehead atoms. The summed E-state index contributed by atoms with van der Waals surface area (Å²) in [6, 6.07) is 7.06. The van der Waals surface area contributed by atoms with Crippen LogP contribution in [0.5, 0.6) is 0 Å². The molecule has 1 aromatic carbocycles. The van der Waals surface area contributed by atoms with Crippen molar-refractivity contribution >= 4 is 34.5 Å². The number of halogens is 1. The van der Waals surface area contributed by atoms with Gasteiger partial charge in [0, 0.05) is 9.13 Å². The molecule has 0 aliphatic rings. The minimum atomic E-state index is -1.18. The zero-order chi connectivity index (χ0) is 13.8.